The molecule has 8 rings (SSSR count). The maximum Gasteiger partial charge on any atom is 0.0794 e. The van der Waals surface area contributed by atoms with Crippen molar-refractivity contribution in [1.82, 2.24) is 9.97 Å². The number of fused-ring (bicyclic) bond motifs is 7. The van der Waals surface area contributed by atoms with Gasteiger partial charge in [0.1, 0.15) is 0 Å². The smallest absolute Gasteiger partial charge is 0.0794 e. The van der Waals surface area contributed by atoms with Crippen molar-refractivity contribution in [1.29, 1.82) is 0 Å². The fraction of sp³-hybridized carbons (Fsp3) is 0.0465. The van der Waals surface area contributed by atoms with Crippen LogP contribution in [0.3, 0.4) is 0 Å². The van der Waals surface area contributed by atoms with Gasteiger partial charge in [-0.15, -0.1) is 0 Å². The first-order valence-electron chi connectivity index (χ1n) is 15.6. The highest BCUT2D eigenvalue weighted by atomic mass is 14.7. The number of rotatable bonds is 5. The first-order valence-corrected chi connectivity index (χ1v) is 15.6. The minimum atomic E-state index is 0.934. The molecule has 2 heterocycles. The summed E-state index contributed by atoms with van der Waals surface area (Å²) in [5.74, 6) is 0. The van der Waals surface area contributed by atoms with Gasteiger partial charge in [0.2, 0.25) is 0 Å². The molecule has 0 bridgehead atoms. The van der Waals surface area contributed by atoms with E-state index in [0.717, 1.165) is 66.5 Å². The van der Waals surface area contributed by atoms with Crippen LogP contribution < -0.4 is 0 Å². The molecule has 0 radical (unpaired) electrons. The summed E-state index contributed by atoms with van der Waals surface area (Å²) in [6, 6.07) is 47.5. The van der Waals surface area contributed by atoms with Gasteiger partial charge in [0.15, 0.2) is 0 Å². The van der Waals surface area contributed by atoms with Crippen LogP contribution in [0.2, 0.25) is 0 Å². The van der Waals surface area contributed by atoms with Gasteiger partial charge in [0, 0.05) is 52.1 Å². The molecular weight excluding hydrogens is 558 g/mol. The van der Waals surface area contributed by atoms with E-state index in [9.17, 15) is 0 Å². The standard InChI is InChI=1S/C43H31N3/c1-3-28(27-44-2)31-23-32(25-33(24-31)40-19-11-12-22-45-40)38-26-39-41(36-18-10-9-17-35(36)38)37-21-20-29-13-7-8-16-34(29)43(37)46-42(39)30-14-5-4-6-15-30/h3-27H,1-2H3/b28-3+,44-27-. The van der Waals surface area contributed by atoms with Crippen molar-refractivity contribution in [3.63, 3.8) is 0 Å². The lowest BCUT2D eigenvalue weighted by molar-refractivity contribution is 1.32. The van der Waals surface area contributed by atoms with Gasteiger partial charge in [-0.3, -0.25) is 9.98 Å². The zero-order valence-electron chi connectivity index (χ0n) is 25.8. The number of benzene rings is 6. The van der Waals surface area contributed by atoms with Gasteiger partial charge < -0.3 is 0 Å². The number of hydrogen-bond acceptors (Lipinski definition) is 3. The Balaban J connectivity index is 1.53. The third-order valence-corrected chi connectivity index (χ3v) is 8.86. The van der Waals surface area contributed by atoms with Crippen molar-refractivity contribution < 1.29 is 0 Å². The SMILES string of the molecule is C/C=C(\C=N/C)c1cc(-c2ccccn2)cc(-c2cc3c(-c4ccccc4)nc4c5ccccc5ccc4c3c3ccccc23)c1. The molecule has 0 fully saturated rings. The van der Waals surface area contributed by atoms with E-state index < -0.39 is 0 Å². The van der Waals surface area contributed by atoms with E-state index in [1.165, 1.54) is 21.5 Å². The second-order valence-corrected chi connectivity index (χ2v) is 11.5. The summed E-state index contributed by atoms with van der Waals surface area (Å²) in [5, 5.41) is 8.28. The van der Waals surface area contributed by atoms with E-state index in [0.29, 0.717) is 0 Å². The Morgan fingerprint density at radius 3 is 2.13 bits per heavy atom. The Labute approximate surface area is 268 Å². The predicted molar refractivity (Wildman–Crippen MR) is 196 cm³/mol. The Bertz CT molecular complexity index is 2480. The summed E-state index contributed by atoms with van der Waals surface area (Å²) in [5.41, 5.74) is 9.55. The molecule has 0 N–H and O–H groups in total. The van der Waals surface area contributed by atoms with Crippen molar-refractivity contribution in [3.05, 3.63) is 151 Å². The Hall–Kier alpha value is -5.93. The molecule has 3 nitrogen and oxygen atoms in total. The van der Waals surface area contributed by atoms with Crippen LogP contribution in [-0.2, 0) is 0 Å². The van der Waals surface area contributed by atoms with Crippen LogP contribution in [0.15, 0.2) is 151 Å². The summed E-state index contributed by atoms with van der Waals surface area (Å²) < 4.78 is 0. The van der Waals surface area contributed by atoms with Gasteiger partial charge in [-0.1, -0.05) is 103 Å². The second-order valence-electron chi connectivity index (χ2n) is 11.5. The van der Waals surface area contributed by atoms with Crippen LogP contribution in [-0.4, -0.2) is 23.2 Å². The van der Waals surface area contributed by atoms with Crippen molar-refractivity contribution >= 4 is 55.0 Å². The minimum Gasteiger partial charge on any atom is -0.296 e. The van der Waals surface area contributed by atoms with Crippen molar-refractivity contribution in [2.75, 3.05) is 7.05 Å². The number of aliphatic imine (C=N–C) groups is 1. The monoisotopic (exact) mass is 589 g/mol. The normalized spacial score (nSPS) is 12.2. The minimum absolute atomic E-state index is 0.934. The Kier molecular flexibility index (Phi) is 6.92. The van der Waals surface area contributed by atoms with Crippen molar-refractivity contribution in [2.45, 2.75) is 6.92 Å². The molecule has 0 aliphatic rings. The van der Waals surface area contributed by atoms with Crippen LogP contribution in [0.25, 0.3) is 82.4 Å². The molecule has 2 aromatic heterocycles. The van der Waals surface area contributed by atoms with Crippen LogP contribution in [0, 0.1) is 0 Å². The molecule has 8 aromatic rings. The highest BCUT2D eigenvalue weighted by Gasteiger charge is 2.19. The van der Waals surface area contributed by atoms with E-state index in [-0.39, 0.29) is 0 Å². The topological polar surface area (TPSA) is 38.1 Å². The molecule has 0 amide bonds. The number of pyridine rings is 2. The lowest BCUT2D eigenvalue weighted by Gasteiger charge is -2.18. The Morgan fingerprint density at radius 1 is 0.609 bits per heavy atom. The quantitative estimate of drug-likeness (QED) is 0.148. The van der Waals surface area contributed by atoms with Gasteiger partial charge in [-0.05, 0) is 81.7 Å². The Morgan fingerprint density at radius 2 is 1.35 bits per heavy atom. The average Bonchev–Trinajstić information content (AvgIpc) is 3.13. The molecule has 0 unspecified atom stereocenters. The van der Waals surface area contributed by atoms with Crippen LogP contribution in [0.1, 0.15) is 12.5 Å². The van der Waals surface area contributed by atoms with Gasteiger partial charge >= 0.3 is 0 Å². The molecule has 0 saturated heterocycles. The summed E-state index contributed by atoms with van der Waals surface area (Å²) in [4.78, 5) is 14.5. The fourth-order valence-electron chi connectivity index (χ4n) is 6.74. The average molecular weight is 590 g/mol. The highest BCUT2D eigenvalue weighted by Crippen LogP contribution is 2.43. The van der Waals surface area contributed by atoms with Crippen LogP contribution in [0.5, 0.6) is 0 Å². The molecule has 218 valence electrons. The van der Waals surface area contributed by atoms with Crippen LogP contribution >= 0.6 is 0 Å². The van der Waals surface area contributed by atoms with Gasteiger partial charge in [-0.2, -0.15) is 0 Å². The molecule has 0 aliphatic carbocycles. The number of aromatic nitrogens is 2. The second kappa shape index (κ2) is 11.5. The van der Waals surface area contributed by atoms with Crippen molar-refractivity contribution in [3.8, 4) is 33.6 Å². The summed E-state index contributed by atoms with van der Waals surface area (Å²) in [6.07, 6.45) is 5.89. The number of hydrogen-bond donors (Lipinski definition) is 0. The number of allylic oxidation sites excluding steroid dienone is 2. The molecule has 3 heteroatoms. The maximum atomic E-state index is 5.46. The molecule has 46 heavy (non-hydrogen) atoms. The van der Waals surface area contributed by atoms with Gasteiger partial charge in [0.05, 0.1) is 16.9 Å². The van der Waals surface area contributed by atoms with E-state index >= 15 is 0 Å². The highest BCUT2D eigenvalue weighted by molar-refractivity contribution is 6.28. The first-order chi connectivity index (χ1) is 22.7. The van der Waals surface area contributed by atoms with Gasteiger partial charge in [0.25, 0.3) is 0 Å². The molecular formula is C43H31N3. The molecule has 0 saturated carbocycles. The summed E-state index contributed by atoms with van der Waals surface area (Å²) in [6.45, 7) is 2.06. The third-order valence-electron chi connectivity index (χ3n) is 8.86. The van der Waals surface area contributed by atoms with Crippen molar-refractivity contribution in [2.24, 2.45) is 4.99 Å². The molecule has 0 atom stereocenters. The molecule has 0 aliphatic heterocycles. The summed E-state index contributed by atoms with van der Waals surface area (Å²) in [7, 11) is 1.81. The molecule has 6 aromatic carbocycles. The lowest BCUT2D eigenvalue weighted by Crippen LogP contribution is -1.95. The van der Waals surface area contributed by atoms with E-state index in [4.69, 9.17) is 9.97 Å². The third kappa shape index (κ3) is 4.65. The van der Waals surface area contributed by atoms with Crippen LogP contribution in [0.4, 0.5) is 0 Å². The zero-order valence-corrected chi connectivity index (χ0v) is 25.8. The van der Waals surface area contributed by atoms with E-state index in [1.54, 1.807) is 0 Å². The predicted octanol–water partition coefficient (Wildman–Crippen LogP) is 11.2. The zero-order chi connectivity index (χ0) is 31.0. The largest absolute Gasteiger partial charge is 0.296 e. The number of nitrogens with zero attached hydrogens (tertiary/aromatic N) is 3. The lowest BCUT2D eigenvalue weighted by atomic mass is 9.87. The maximum absolute atomic E-state index is 5.46. The van der Waals surface area contributed by atoms with E-state index in [2.05, 4.69) is 139 Å². The summed E-state index contributed by atoms with van der Waals surface area (Å²) >= 11 is 0. The fourth-order valence-corrected chi connectivity index (χ4v) is 6.74. The first kappa shape index (κ1) is 27.6. The van der Waals surface area contributed by atoms with E-state index in [1.807, 2.05) is 31.6 Å². The van der Waals surface area contributed by atoms with Gasteiger partial charge in [-0.25, -0.2) is 4.98 Å². The molecule has 0 spiro atoms.